The van der Waals surface area contributed by atoms with Gasteiger partial charge in [0.2, 0.25) is 0 Å². The van der Waals surface area contributed by atoms with E-state index in [0.717, 1.165) is 51.9 Å². The Morgan fingerprint density at radius 3 is 2.26 bits per heavy atom. The summed E-state index contributed by atoms with van der Waals surface area (Å²) in [5, 5.41) is 0. The fourth-order valence-corrected chi connectivity index (χ4v) is 5.59. The van der Waals surface area contributed by atoms with Gasteiger partial charge in [0.05, 0.1) is 6.61 Å². The minimum absolute atomic E-state index is 0. The fourth-order valence-electron chi connectivity index (χ4n) is 5.59. The molecule has 2 saturated heterocycles. The summed E-state index contributed by atoms with van der Waals surface area (Å²) in [6, 6.07) is 7.43. The molecule has 0 bridgehead atoms. The van der Waals surface area contributed by atoms with Gasteiger partial charge in [0.1, 0.15) is 0 Å². The van der Waals surface area contributed by atoms with E-state index < -0.39 is 0 Å². The fraction of sp³-hybridized carbons (Fsp3) is 0.769. The molecule has 1 aromatic rings. The average Bonchev–Trinajstić information content (AvgIpc) is 3.29. The summed E-state index contributed by atoms with van der Waals surface area (Å²) >= 11 is 0. The Morgan fingerprint density at radius 1 is 0.935 bits per heavy atom. The SMILES string of the molecule is CCOCCN1CCN(c2ccc(N3CCCC3)cc2C2CCC(C)(C)CC2)CC1.Cl. The van der Waals surface area contributed by atoms with Crippen LogP contribution >= 0.6 is 12.4 Å². The van der Waals surface area contributed by atoms with Gasteiger partial charge < -0.3 is 14.5 Å². The summed E-state index contributed by atoms with van der Waals surface area (Å²) in [5.41, 5.74) is 5.14. The Labute approximate surface area is 196 Å². The molecule has 4 rings (SSSR count). The van der Waals surface area contributed by atoms with Gasteiger partial charge in [0.25, 0.3) is 0 Å². The maximum Gasteiger partial charge on any atom is 0.0593 e. The van der Waals surface area contributed by atoms with Crippen molar-refractivity contribution in [2.45, 2.75) is 65.2 Å². The maximum absolute atomic E-state index is 5.56. The van der Waals surface area contributed by atoms with Gasteiger partial charge in [0, 0.05) is 63.8 Å². The third-order valence-electron chi connectivity index (χ3n) is 7.73. The number of rotatable bonds is 7. The summed E-state index contributed by atoms with van der Waals surface area (Å²) in [5.74, 6) is 0.728. The molecule has 31 heavy (non-hydrogen) atoms. The van der Waals surface area contributed by atoms with Crippen molar-refractivity contribution < 1.29 is 4.74 Å². The van der Waals surface area contributed by atoms with Crippen LogP contribution in [0.4, 0.5) is 11.4 Å². The zero-order valence-electron chi connectivity index (χ0n) is 20.1. The highest BCUT2D eigenvalue weighted by molar-refractivity contribution is 5.85. The summed E-state index contributed by atoms with van der Waals surface area (Å²) in [6.07, 6.45) is 8.10. The van der Waals surface area contributed by atoms with Gasteiger partial charge in [0.15, 0.2) is 0 Å². The highest BCUT2D eigenvalue weighted by Crippen LogP contribution is 2.45. The number of hydrogen-bond donors (Lipinski definition) is 0. The molecule has 0 aromatic heterocycles. The number of hydrogen-bond acceptors (Lipinski definition) is 4. The van der Waals surface area contributed by atoms with Crippen LogP contribution in [0.15, 0.2) is 18.2 Å². The van der Waals surface area contributed by atoms with E-state index in [1.165, 1.54) is 63.0 Å². The highest BCUT2D eigenvalue weighted by atomic mass is 35.5. The molecule has 1 aromatic carbocycles. The largest absolute Gasteiger partial charge is 0.380 e. The van der Waals surface area contributed by atoms with E-state index in [1.54, 1.807) is 5.56 Å². The zero-order chi connectivity index (χ0) is 21.0. The van der Waals surface area contributed by atoms with Crippen molar-refractivity contribution in [3.63, 3.8) is 0 Å². The number of ether oxygens (including phenoxy) is 1. The van der Waals surface area contributed by atoms with E-state index in [2.05, 4.69) is 53.7 Å². The van der Waals surface area contributed by atoms with Crippen LogP contribution in [-0.2, 0) is 4.74 Å². The van der Waals surface area contributed by atoms with E-state index in [1.807, 2.05) is 0 Å². The second kappa shape index (κ2) is 11.2. The summed E-state index contributed by atoms with van der Waals surface area (Å²) < 4.78 is 5.56. The first-order valence-electron chi connectivity index (χ1n) is 12.5. The van der Waals surface area contributed by atoms with Crippen LogP contribution in [0.3, 0.4) is 0 Å². The second-order valence-corrected chi connectivity index (χ2v) is 10.4. The third kappa shape index (κ3) is 6.30. The summed E-state index contributed by atoms with van der Waals surface area (Å²) in [7, 11) is 0. The number of benzene rings is 1. The molecule has 3 fully saturated rings. The van der Waals surface area contributed by atoms with Gasteiger partial charge in [-0.05, 0) is 80.5 Å². The van der Waals surface area contributed by atoms with E-state index in [-0.39, 0.29) is 12.4 Å². The molecule has 0 radical (unpaired) electrons. The van der Waals surface area contributed by atoms with E-state index >= 15 is 0 Å². The number of nitrogens with zero attached hydrogens (tertiary/aromatic N) is 3. The van der Waals surface area contributed by atoms with Crippen LogP contribution in [-0.4, -0.2) is 63.9 Å². The van der Waals surface area contributed by atoms with Crippen LogP contribution in [0.2, 0.25) is 0 Å². The van der Waals surface area contributed by atoms with Crippen molar-refractivity contribution in [1.82, 2.24) is 4.90 Å². The van der Waals surface area contributed by atoms with Gasteiger partial charge in [-0.2, -0.15) is 0 Å². The van der Waals surface area contributed by atoms with Crippen molar-refractivity contribution in [2.75, 3.05) is 68.8 Å². The van der Waals surface area contributed by atoms with E-state index in [0.29, 0.717) is 5.41 Å². The first kappa shape index (κ1) is 24.7. The van der Waals surface area contributed by atoms with Crippen LogP contribution in [0.1, 0.15) is 70.8 Å². The molecule has 0 spiro atoms. The third-order valence-corrected chi connectivity index (χ3v) is 7.73. The van der Waals surface area contributed by atoms with Crippen molar-refractivity contribution in [3.8, 4) is 0 Å². The molecular formula is C26H44ClN3O. The first-order chi connectivity index (χ1) is 14.6. The van der Waals surface area contributed by atoms with Crippen LogP contribution in [0.25, 0.3) is 0 Å². The van der Waals surface area contributed by atoms with Crippen molar-refractivity contribution in [1.29, 1.82) is 0 Å². The number of anilines is 2. The standard InChI is InChI=1S/C26H43N3O.ClH/c1-4-30-20-19-27-15-17-29(18-16-27)25-8-7-23(28-13-5-6-14-28)21-24(25)22-9-11-26(2,3)12-10-22;/h7-8,21-22H,4-6,9-20H2,1-3H3;1H. The van der Waals surface area contributed by atoms with Crippen LogP contribution in [0.5, 0.6) is 0 Å². The lowest BCUT2D eigenvalue weighted by atomic mass is 9.71. The molecule has 1 saturated carbocycles. The topological polar surface area (TPSA) is 19.0 Å². The molecule has 2 aliphatic heterocycles. The van der Waals surface area contributed by atoms with E-state index in [4.69, 9.17) is 4.74 Å². The predicted molar refractivity (Wildman–Crippen MR) is 135 cm³/mol. The van der Waals surface area contributed by atoms with Crippen molar-refractivity contribution in [3.05, 3.63) is 23.8 Å². The molecule has 0 atom stereocenters. The molecule has 4 nitrogen and oxygen atoms in total. The quantitative estimate of drug-likeness (QED) is 0.508. The lowest BCUT2D eigenvalue weighted by molar-refractivity contribution is 0.111. The van der Waals surface area contributed by atoms with Gasteiger partial charge in [-0.15, -0.1) is 12.4 Å². The van der Waals surface area contributed by atoms with Crippen LogP contribution < -0.4 is 9.80 Å². The molecule has 0 unspecified atom stereocenters. The Hall–Kier alpha value is -0.970. The van der Waals surface area contributed by atoms with Crippen molar-refractivity contribution >= 4 is 23.8 Å². The van der Waals surface area contributed by atoms with Crippen molar-refractivity contribution in [2.24, 2.45) is 5.41 Å². The molecule has 3 aliphatic rings. The second-order valence-electron chi connectivity index (χ2n) is 10.4. The smallest absolute Gasteiger partial charge is 0.0593 e. The molecule has 0 amide bonds. The van der Waals surface area contributed by atoms with Gasteiger partial charge in [-0.3, -0.25) is 4.90 Å². The lowest BCUT2D eigenvalue weighted by Crippen LogP contribution is -2.47. The molecule has 2 heterocycles. The maximum atomic E-state index is 5.56. The van der Waals surface area contributed by atoms with Gasteiger partial charge in [-0.1, -0.05) is 13.8 Å². The average molecular weight is 450 g/mol. The molecular weight excluding hydrogens is 406 g/mol. The molecule has 176 valence electrons. The minimum atomic E-state index is 0. The van der Waals surface area contributed by atoms with Crippen LogP contribution in [0, 0.1) is 5.41 Å². The molecule has 5 heteroatoms. The lowest BCUT2D eigenvalue weighted by Gasteiger charge is -2.40. The zero-order valence-corrected chi connectivity index (χ0v) is 20.9. The first-order valence-corrected chi connectivity index (χ1v) is 12.5. The predicted octanol–water partition coefficient (Wildman–Crippen LogP) is 5.55. The van der Waals surface area contributed by atoms with Gasteiger partial charge in [-0.25, -0.2) is 0 Å². The van der Waals surface area contributed by atoms with Gasteiger partial charge >= 0.3 is 0 Å². The monoisotopic (exact) mass is 449 g/mol. The number of piperazine rings is 1. The minimum Gasteiger partial charge on any atom is -0.380 e. The molecule has 1 aliphatic carbocycles. The normalized spacial score (nSPS) is 22.5. The summed E-state index contributed by atoms with van der Waals surface area (Å²) in [6.45, 7) is 16.8. The Morgan fingerprint density at radius 2 is 1.61 bits per heavy atom. The number of halogens is 1. The summed E-state index contributed by atoms with van der Waals surface area (Å²) in [4.78, 5) is 7.83. The van der Waals surface area contributed by atoms with E-state index in [9.17, 15) is 0 Å². The highest BCUT2D eigenvalue weighted by Gasteiger charge is 2.30. The Balaban J connectivity index is 0.00000272. The molecule has 0 N–H and O–H groups in total. The Bertz CT molecular complexity index is 671. The Kier molecular flexibility index (Phi) is 8.95.